The summed E-state index contributed by atoms with van der Waals surface area (Å²) < 4.78 is 5.68. The normalized spacial score (nSPS) is 10.6. The van der Waals surface area contributed by atoms with E-state index in [0.717, 1.165) is 43.2 Å². The summed E-state index contributed by atoms with van der Waals surface area (Å²) in [5, 5.41) is 9.24. The van der Waals surface area contributed by atoms with Gasteiger partial charge in [0, 0.05) is 38.7 Å². The molecule has 0 saturated heterocycles. The number of benzene rings is 2. The van der Waals surface area contributed by atoms with Gasteiger partial charge in [-0.1, -0.05) is 30.3 Å². The smallest absolute Gasteiger partial charge is 0.251 e. The fourth-order valence-electron chi connectivity index (χ4n) is 2.64. The second-order valence-electron chi connectivity index (χ2n) is 6.23. The largest absolute Gasteiger partial charge is 0.494 e. The quantitative estimate of drug-likeness (QED) is 0.199. The number of nitrogens with one attached hydrogen (secondary N) is 3. The second kappa shape index (κ2) is 14.7. The van der Waals surface area contributed by atoms with Crippen LogP contribution in [-0.4, -0.2) is 45.2 Å². The van der Waals surface area contributed by atoms with Crippen molar-refractivity contribution >= 4 is 35.8 Å². The topological polar surface area (TPSA) is 74.8 Å². The van der Waals surface area contributed by atoms with Crippen molar-refractivity contribution in [3.05, 3.63) is 65.7 Å². The fourth-order valence-corrected chi connectivity index (χ4v) is 2.64. The first kappa shape index (κ1) is 24.7. The zero-order valence-electron chi connectivity index (χ0n) is 17.1. The number of carbonyl (C=O) groups is 1. The Morgan fingerprint density at radius 3 is 2.59 bits per heavy atom. The van der Waals surface area contributed by atoms with Crippen molar-refractivity contribution in [3.63, 3.8) is 0 Å². The summed E-state index contributed by atoms with van der Waals surface area (Å²) >= 11 is 0. The molecule has 0 heterocycles. The molecule has 0 aromatic heterocycles. The molecule has 3 N–H and O–H groups in total. The van der Waals surface area contributed by atoms with Crippen molar-refractivity contribution in [2.45, 2.75) is 19.8 Å². The van der Waals surface area contributed by atoms with Crippen LogP contribution in [0.15, 0.2) is 59.6 Å². The molecular formula is C22H31IN4O2. The van der Waals surface area contributed by atoms with Gasteiger partial charge in [-0.15, -0.1) is 24.0 Å². The summed E-state index contributed by atoms with van der Waals surface area (Å²) in [5.74, 6) is 1.61. The third-order valence-corrected chi connectivity index (χ3v) is 4.05. The maximum absolute atomic E-state index is 11.7. The van der Waals surface area contributed by atoms with Gasteiger partial charge in [0.1, 0.15) is 5.75 Å². The molecule has 0 aliphatic carbocycles. The van der Waals surface area contributed by atoms with Crippen LogP contribution in [0.3, 0.4) is 0 Å². The van der Waals surface area contributed by atoms with Gasteiger partial charge in [0.25, 0.3) is 5.91 Å². The zero-order valence-corrected chi connectivity index (χ0v) is 19.4. The monoisotopic (exact) mass is 510 g/mol. The SMILES string of the molecule is CCNC(=NCCCOc1ccccc1)NCCc1cccc(C(=O)NC)c1.I. The molecule has 0 aliphatic rings. The predicted octanol–water partition coefficient (Wildman–Crippen LogP) is 3.23. The lowest BCUT2D eigenvalue weighted by Gasteiger charge is -2.12. The molecule has 2 aromatic carbocycles. The van der Waals surface area contributed by atoms with Crippen LogP contribution in [0.5, 0.6) is 5.75 Å². The molecule has 6 nitrogen and oxygen atoms in total. The van der Waals surface area contributed by atoms with Crippen molar-refractivity contribution in [1.29, 1.82) is 0 Å². The van der Waals surface area contributed by atoms with Crippen LogP contribution in [0.1, 0.15) is 29.3 Å². The summed E-state index contributed by atoms with van der Waals surface area (Å²) in [7, 11) is 1.64. The van der Waals surface area contributed by atoms with E-state index in [9.17, 15) is 4.79 Å². The number of halogens is 1. The number of amides is 1. The van der Waals surface area contributed by atoms with Crippen molar-refractivity contribution in [3.8, 4) is 5.75 Å². The molecule has 1 amide bonds. The lowest BCUT2D eigenvalue weighted by atomic mass is 10.1. The highest BCUT2D eigenvalue weighted by atomic mass is 127. The third kappa shape index (κ3) is 9.65. The van der Waals surface area contributed by atoms with Gasteiger partial charge < -0.3 is 20.7 Å². The molecule has 0 bridgehead atoms. The Balaban J connectivity index is 0.00000420. The van der Waals surface area contributed by atoms with E-state index in [1.165, 1.54) is 0 Å². The highest BCUT2D eigenvalue weighted by Crippen LogP contribution is 2.08. The summed E-state index contributed by atoms with van der Waals surface area (Å²) in [4.78, 5) is 16.3. The second-order valence-corrected chi connectivity index (χ2v) is 6.23. The Kier molecular flexibility index (Phi) is 12.5. The van der Waals surface area contributed by atoms with Crippen molar-refractivity contribution in [2.24, 2.45) is 4.99 Å². The Morgan fingerprint density at radius 2 is 1.86 bits per heavy atom. The molecule has 0 radical (unpaired) electrons. The number of guanidine groups is 1. The first-order valence-electron chi connectivity index (χ1n) is 9.74. The van der Waals surface area contributed by atoms with E-state index in [2.05, 4.69) is 20.9 Å². The summed E-state index contributed by atoms with van der Waals surface area (Å²) in [6, 6.07) is 17.5. The van der Waals surface area contributed by atoms with Gasteiger partial charge >= 0.3 is 0 Å². The van der Waals surface area contributed by atoms with E-state index in [1.54, 1.807) is 7.05 Å². The molecule has 2 rings (SSSR count). The van der Waals surface area contributed by atoms with Crippen molar-refractivity contribution in [2.75, 3.05) is 33.3 Å². The minimum Gasteiger partial charge on any atom is -0.494 e. The number of hydrogen-bond acceptors (Lipinski definition) is 3. The van der Waals surface area contributed by atoms with Gasteiger partial charge in [-0.3, -0.25) is 9.79 Å². The Labute approximate surface area is 190 Å². The van der Waals surface area contributed by atoms with Gasteiger partial charge in [-0.05, 0) is 43.2 Å². The van der Waals surface area contributed by atoms with E-state index in [0.29, 0.717) is 18.7 Å². The zero-order chi connectivity index (χ0) is 20.0. The van der Waals surface area contributed by atoms with Crippen LogP contribution in [0.25, 0.3) is 0 Å². The minimum atomic E-state index is -0.0672. The van der Waals surface area contributed by atoms with Gasteiger partial charge in [0.2, 0.25) is 0 Å². The molecule has 0 aliphatic heterocycles. The number of ether oxygens (including phenoxy) is 1. The highest BCUT2D eigenvalue weighted by Gasteiger charge is 2.04. The minimum absolute atomic E-state index is 0. The standard InChI is InChI=1S/C22H30N4O2.HI/c1-3-24-22(25-14-8-16-28-20-11-5-4-6-12-20)26-15-13-18-9-7-10-19(17-18)21(27)23-2;/h4-7,9-12,17H,3,8,13-16H2,1-2H3,(H,23,27)(H2,24,25,26);1H. The number of nitrogens with zero attached hydrogens (tertiary/aromatic N) is 1. The molecule has 29 heavy (non-hydrogen) atoms. The van der Waals surface area contributed by atoms with Gasteiger partial charge in [-0.2, -0.15) is 0 Å². The van der Waals surface area contributed by atoms with Gasteiger partial charge in [0.15, 0.2) is 5.96 Å². The van der Waals surface area contributed by atoms with E-state index in [1.807, 2.05) is 61.5 Å². The summed E-state index contributed by atoms with van der Waals surface area (Å²) in [5.41, 5.74) is 1.79. The van der Waals surface area contributed by atoms with E-state index >= 15 is 0 Å². The summed E-state index contributed by atoms with van der Waals surface area (Å²) in [6.45, 7) is 4.91. The number of aliphatic imine (C=N–C) groups is 1. The molecular weight excluding hydrogens is 479 g/mol. The van der Waals surface area contributed by atoms with Gasteiger partial charge in [-0.25, -0.2) is 0 Å². The highest BCUT2D eigenvalue weighted by molar-refractivity contribution is 14.0. The van der Waals surface area contributed by atoms with Crippen LogP contribution in [0.2, 0.25) is 0 Å². The van der Waals surface area contributed by atoms with E-state index in [-0.39, 0.29) is 29.9 Å². The Morgan fingerprint density at radius 1 is 1.07 bits per heavy atom. The van der Waals surface area contributed by atoms with Crippen LogP contribution in [-0.2, 0) is 6.42 Å². The molecule has 2 aromatic rings. The van der Waals surface area contributed by atoms with Crippen LogP contribution in [0.4, 0.5) is 0 Å². The van der Waals surface area contributed by atoms with Crippen LogP contribution < -0.4 is 20.7 Å². The first-order chi connectivity index (χ1) is 13.7. The molecule has 0 fully saturated rings. The number of carbonyl (C=O) groups excluding carboxylic acids is 1. The average molecular weight is 510 g/mol. The van der Waals surface area contributed by atoms with E-state index in [4.69, 9.17) is 4.74 Å². The molecule has 7 heteroatoms. The molecule has 158 valence electrons. The molecule has 0 unspecified atom stereocenters. The number of para-hydroxylation sites is 1. The summed E-state index contributed by atoms with van der Waals surface area (Å²) in [6.07, 6.45) is 1.66. The molecule has 0 atom stereocenters. The Bertz CT molecular complexity index is 753. The fraction of sp³-hybridized carbons (Fsp3) is 0.364. The van der Waals surface area contributed by atoms with Crippen LogP contribution in [0, 0.1) is 0 Å². The third-order valence-electron chi connectivity index (χ3n) is 4.05. The maximum Gasteiger partial charge on any atom is 0.251 e. The number of hydrogen-bond donors (Lipinski definition) is 3. The maximum atomic E-state index is 11.7. The Hall–Kier alpha value is -2.29. The van der Waals surface area contributed by atoms with E-state index < -0.39 is 0 Å². The van der Waals surface area contributed by atoms with Crippen molar-refractivity contribution < 1.29 is 9.53 Å². The molecule has 0 spiro atoms. The molecule has 0 saturated carbocycles. The number of rotatable bonds is 10. The van der Waals surface area contributed by atoms with Gasteiger partial charge in [0.05, 0.1) is 6.61 Å². The first-order valence-corrected chi connectivity index (χ1v) is 9.74. The predicted molar refractivity (Wildman–Crippen MR) is 129 cm³/mol. The lowest BCUT2D eigenvalue weighted by Crippen LogP contribution is -2.38. The lowest BCUT2D eigenvalue weighted by molar-refractivity contribution is 0.0963. The van der Waals surface area contributed by atoms with Crippen molar-refractivity contribution in [1.82, 2.24) is 16.0 Å². The average Bonchev–Trinajstić information content (AvgIpc) is 2.74. The van der Waals surface area contributed by atoms with Crippen LogP contribution >= 0.6 is 24.0 Å².